The lowest BCUT2D eigenvalue weighted by molar-refractivity contribution is 0.408. The molecule has 0 fully saturated rings. The molecular formula is C15H20N2O. The minimum Gasteiger partial charge on any atom is -0.496 e. The molecule has 2 aromatic rings. The Hall–Kier alpha value is -1.77. The predicted molar refractivity (Wildman–Crippen MR) is 73.1 cm³/mol. The summed E-state index contributed by atoms with van der Waals surface area (Å²) in [5, 5.41) is 0. The molecule has 0 radical (unpaired) electrons. The first kappa shape index (κ1) is 12.7. The molecular weight excluding hydrogens is 224 g/mol. The molecule has 1 aromatic heterocycles. The summed E-state index contributed by atoms with van der Waals surface area (Å²) < 4.78 is 7.61. The zero-order valence-corrected chi connectivity index (χ0v) is 11.3. The number of rotatable bonds is 5. The highest BCUT2D eigenvalue weighted by atomic mass is 16.5. The number of hydrogen-bond acceptors (Lipinski definition) is 2. The summed E-state index contributed by atoms with van der Waals surface area (Å²) in [6.45, 7) is 5.09. The number of ether oxygens (including phenoxy) is 1. The van der Waals surface area contributed by atoms with Crippen LogP contribution in [0.3, 0.4) is 0 Å². The van der Waals surface area contributed by atoms with Gasteiger partial charge < -0.3 is 9.30 Å². The van der Waals surface area contributed by atoms with Gasteiger partial charge in [0.15, 0.2) is 0 Å². The Labute approximate surface area is 108 Å². The van der Waals surface area contributed by atoms with E-state index in [0.29, 0.717) is 0 Å². The van der Waals surface area contributed by atoms with Crippen molar-refractivity contribution in [1.82, 2.24) is 9.55 Å². The molecule has 0 bridgehead atoms. The smallest absolute Gasteiger partial charge is 0.123 e. The zero-order valence-electron chi connectivity index (χ0n) is 11.3. The van der Waals surface area contributed by atoms with Gasteiger partial charge in [0.2, 0.25) is 0 Å². The highest BCUT2D eigenvalue weighted by Gasteiger charge is 2.09. The monoisotopic (exact) mass is 244 g/mol. The molecule has 0 unspecified atom stereocenters. The van der Waals surface area contributed by atoms with E-state index >= 15 is 0 Å². The van der Waals surface area contributed by atoms with Gasteiger partial charge in [-0.3, -0.25) is 0 Å². The van der Waals surface area contributed by atoms with Gasteiger partial charge in [0.1, 0.15) is 5.75 Å². The van der Waals surface area contributed by atoms with Crippen molar-refractivity contribution in [2.24, 2.45) is 0 Å². The number of aromatic nitrogens is 2. The quantitative estimate of drug-likeness (QED) is 0.807. The van der Waals surface area contributed by atoms with Gasteiger partial charge in [0, 0.05) is 11.3 Å². The molecule has 0 spiro atoms. The molecule has 0 N–H and O–H groups in total. The number of aryl methyl sites for hydroxylation is 1. The molecule has 0 aliphatic rings. The standard InChI is InChI=1S/C15H20N2O/c1-4-7-14-12(2)16-11-17(14)10-13-8-5-6-9-15(13)18-3/h5-6,8-9,11H,4,7,10H2,1-3H3. The van der Waals surface area contributed by atoms with E-state index in [1.165, 1.54) is 11.3 Å². The molecule has 0 amide bonds. The van der Waals surface area contributed by atoms with Gasteiger partial charge in [-0.15, -0.1) is 0 Å². The fourth-order valence-electron chi connectivity index (χ4n) is 2.22. The number of nitrogens with zero attached hydrogens (tertiary/aromatic N) is 2. The first-order valence-electron chi connectivity index (χ1n) is 6.38. The lowest BCUT2D eigenvalue weighted by Gasteiger charge is -2.11. The molecule has 18 heavy (non-hydrogen) atoms. The van der Waals surface area contributed by atoms with E-state index in [-0.39, 0.29) is 0 Å². The van der Waals surface area contributed by atoms with E-state index in [4.69, 9.17) is 4.74 Å². The van der Waals surface area contributed by atoms with Crippen molar-refractivity contribution in [2.45, 2.75) is 33.2 Å². The van der Waals surface area contributed by atoms with Crippen molar-refractivity contribution in [3.05, 3.63) is 47.5 Å². The van der Waals surface area contributed by atoms with Crippen LogP contribution in [-0.4, -0.2) is 16.7 Å². The maximum Gasteiger partial charge on any atom is 0.123 e. The van der Waals surface area contributed by atoms with E-state index in [1.54, 1.807) is 7.11 Å². The lowest BCUT2D eigenvalue weighted by atomic mass is 10.1. The average Bonchev–Trinajstić information content (AvgIpc) is 2.73. The van der Waals surface area contributed by atoms with E-state index < -0.39 is 0 Å². The van der Waals surface area contributed by atoms with Crippen molar-refractivity contribution < 1.29 is 4.74 Å². The van der Waals surface area contributed by atoms with Crippen LogP contribution in [0, 0.1) is 6.92 Å². The number of para-hydroxylation sites is 1. The van der Waals surface area contributed by atoms with Crippen molar-refractivity contribution in [3.63, 3.8) is 0 Å². The molecule has 2 rings (SSSR count). The van der Waals surface area contributed by atoms with E-state index in [1.807, 2.05) is 24.5 Å². The molecule has 3 heteroatoms. The second-order valence-corrected chi connectivity index (χ2v) is 4.47. The van der Waals surface area contributed by atoms with Crippen LogP contribution in [0.1, 0.15) is 30.3 Å². The molecule has 1 heterocycles. The summed E-state index contributed by atoms with van der Waals surface area (Å²) in [5.74, 6) is 0.936. The Balaban J connectivity index is 2.28. The van der Waals surface area contributed by atoms with Crippen LogP contribution in [0.4, 0.5) is 0 Å². The van der Waals surface area contributed by atoms with Gasteiger partial charge in [-0.05, 0) is 19.4 Å². The molecule has 1 aromatic carbocycles. The Kier molecular flexibility index (Phi) is 4.03. The molecule has 96 valence electrons. The summed E-state index contributed by atoms with van der Waals surface area (Å²) in [4.78, 5) is 4.41. The Morgan fingerprint density at radius 2 is 2.06 bits per heavy atom. The second-order valence-electron chi connectivity index (χ2n) is 4.47. The minimum absolute atomic E-state index is 0.820. The van der Waals surface area contributed by atoms with Gasteiger partial charge in [-0.2, -0.15) is 0 Å². The number of hydrogen-bond donors (Lipinski definition) is 0. The summed E-state index contributed by atoms with van der Waals surface area (Å²) in [6, 6.07) is 8.14. The summed E-state index contributed by atoms with van der Waals surface area (Å²) in [5.41, 5.74) is 3.64. The van der Waals surface area contributed by atoms with Crippen molar-refractivity contribution >= 4 is 0 Å². The summed E-state index contributed by atoms with van der Waals surface area (Å²) in [7, 11) is 1.71. The Morgan fingerprint density at radius 3 is 2.78 bits per heavy atom. The van der Waals surface area contributed by atoms with Gasteiger partial charge in [0.05, 0.1) is 25.7 Å². The van der Waals surface area contributed by atoms with Crippen LogP contribution in [0.25, 0.3) is 0 Å². The van der Waals surface area contributed by atoms with Gasteiger partial charge in [-0.25, -0.2) is 4.98 Å². The van der Waals surface area contributed by atoms with Crippen molar-refractivity contribution in [3.8, 4) is 5.75 Å². The normalized spacial score (nSPS) is 10.6. The van der Waals surface area contributed by atoms with E-state index in [2.05, 4.69) is 29.5 Å². The number of benzene rings is 1. The van der Waals surface area contributed by atoms with Gasteiger partial charge in [0.25, 0.3) is 0 Å². The second kappa shape index (κ2) is 5.71. The van der Waals surface area contributed by atoms with E-state index in [9.17, 15) is 0 Å². The fourth-order valence-corrected chi connectivity index (χ4v) is 2.22. The van der Waals surface area contributed by atoms with Gasteiger partial charge >= 0.3 is 0 Å². The maximum absolute atomic E-state index is 5.39. The predicted octanol–water partition coefficient (Wildman–Crippen LogP) is 3.20. The molecule has 0 saturated heterocycles. The maximum atomic E-state index is 5.39. The first-order chi connectivity index (χ1) is 8.76. The largest absolute Gasteiger partial charge is 0.496 e. The SMILES string of the molecule is CCCc1c(C)ncn1Cc1ccccc1OC. The van der Waals surface area contributed by atoms with Crippen LogP contribution in [0.2, 0.25) is 0 Å². The molecule has 0 aliphatic heterocycles. The lowest BCUT2D eigenvalue weighted by Crippen LogP contribution is -2.05. The van der Waals surface area contributed by atoms with Crippen molar-refractivity contribution in [1.29, 1.82) is 0 Å². The highest BCUT2D eigenvalue weighted by molar-refractivity contribution is 5.33. The van der Waals surface area contributed by atoms with Crippen LogP contribution in [0.5, 0.6) is 5.75 Å². The molecule has 3 nitrogen and oxygen atoms in total. The third kappa shape index (κ3) is 2.55. The third-order valence-electron chi connectivity index (χ3n) is 3.18. The molecule has 0 saturated carbocycles. The number of imidazole rings is 1. The van der Waals surface area contributed by atoms with Gasteiger partial charge in [-0.1, -0.05) is 31.5 Å². The van der Waals surface area contributed by atoms with Crippen LogP contribution in [-0.2, 0) is 13.0 Å². The highest BCUT2D eigenvalue weighted by Crippen LogP contribution is 2.20. The first-order valence-corrected chi connectivity index (χ1v) is 6.38. The third-order valence-corrected chi connectivity index (χ3v) is 3.18. The van der Waals surface area contributed by atoms with Crippen LogP contribution in [0.15, 0.2) is 30.6 Å². The Bertz CT molecular complexity index is 517. The average molecular weight is 244 g/mol. The molecule has 0 atom stereocenters. The van der Waals surface area contributed by atoms with Crippen LogP contribution < -0.4 is 4.74 Å². The topological polar surface area (TPSA) is 27.1 Å². The molecule has 0 aliphatic carbocycles. The van der Waals surface area contributed by atoms with Crippen molar-refractivity contribution in [2.75, 3.05) is 7.11 Å². The number of methoxy groups -OCH3 is 1. The van der Waals surface area contributed by atoms with E-state index in [0.717, 1.165) is 30.8 Å². The summed E-state index contributed by atoms with van der Waals surface area (Å²) in [6.07, 6.45) is 4.13. The zero-order chi connectivity index (χ0) is 13.0. The van der Waals surface area contributed by atoms with Crippen LogP contribution >= 0.6 is 0 Å². The Morgan fingerprint density at radius 1 is 1.28 bits per heavy atom. The minimum atomic E-state index is 0.820. The fraction of sp³-hybridized carbons (Fsp3) is 0.400. The summed E-state index contributed by atoms with van der Waals surface area (Å²) >= 11 is 0.